The van der Waals surface area contributed by atoms with Gasteiger partial charge in [0.1, 0.15) is 0 Å². The van der Waals surface area contributed by atoms with Crippen LogP contribution in [0.2, 0.25) is 0 Å². The summed E-state index contributed by atoms with van der Waals surface area (Å²) in [6.07, 6.45) is 0.973. The highest BCUT2D eigenvalue weighted by molar-refractivity contribution is 5.76. The zero-order valence-electron chi connectivity index (χ0n) is 16.4. The molecular formula is C22H26FNO4. The molecule has 6 heteroatoms. The predicted octanol–water partition coefficient (Wildman–Crippen LogP) is 3.98. The van der Waals surface area contributed by atoms with Crippen LogP contribution in [0.15, 0.2) is 36.4 Å². The van der Waals surface area contributed by atoms with Gasteiger partial charge in [-0.1, -0.05) is 12.1 Å². The molecule has 0 bridgehead atoms. The van der Waals surface area contributed by atoms with Gasteiger partial charge in [-0.15, -0.1) is 0 Å². The Kier molecular flexibility index (Phi) is 6.74. The lowest BCUT2D eigenvalue weighted by atomic mass is 9.98. The van der Waals surface area contributed by atoms with Gasteiger partial charge in [0.05, 0.1) is 26.2 Å². The predicted molar refractivity (Wildman–Crippen MR) is 104 cm³/mol. The van der Waals surface area contributed by atoms with E-state index in [-0.39, 0.29) is 24.7 Å². The van der Waals surface area contributed by atoms with Crippen LogP contribution < -0.4 is 14.2 Å². The van der Waals surface area contributed by atoms with Gasteiger partial charge < -0.3 is 19.1 Å². The molecule has 0 fully saturated rings. The Hall–Kier alpha value is -2.76. The van der Waals surface area contributed by atoms with Crippen LogP contribution in [0.3, 0.4) is 0 Å². The number of ether oxygens (including phenoxy) is 3. The second kappa shape index (κ2) is 9.44. The molecule has 0 saturated heterocycles. The van der Waals surface area contributed by atoms with Crippen molar-refractivity contribution in [3.63, 3.8) is 0 Å². The molecule has 0 atom stereocenters. The standard InChI is InChI=1S/C22H26FNO4/c1-3-26-20-13-16-9-11-24(15-17(16)14-21(20)27-4-2)22(25)10-12-28-19-8-6-5-7-18(19)23/h5-8,13-14H,3-4,9-12,15H2,1-2H3. The molecule has 2 aromatic rings. The van der Waals surface area contributed by atoms with Gasteiger partial charge in [0.25, 0.3) is 0 Å². The summed E-state index contributed by atoms with van der Waals surface area (Å²) in [4.78, 5) is 14.4. The Labute approximate surface area is 165 Å². The normalized spacial score (nSPS) is 13.0. The summed E-state index contributed by atoms with van der Waals surface area (Å²) in [5.74, 6) is 1.20. The number of para-hydroxylation sites is 1. The highest BCUT2D eigenvalue weighted by Crippen LogP contribution is 2.34. The molecular weight excluding hydrogens is 361 g/mol. The zero-order chi connectivity index (χ0) is 19.9. The molecule has 1 heterocycles. The van der Waals surface area contributed by atoms with Crippen molar-refractivity contribution in [1.82, 2.24) is 4.90 Å². The zero-order valence-corrected chi connectivity index (χ0v) is 16.4. The molecule has 0 saturated carbocycles. The summed E-state index contributed by atoms with van der Waals surface area (Å²) >= 11 is 0. The smallest absolute Gasteiger partial charge is 0.226 e. The quantitative estimate of drug-likeness (QED) is 0.688. The SMILES string of the molecule is CCOc1cc2c(cc1OCC)CN(C(=O)CCOc1ccccc1F)CC2. The van der Waals surface area contributed by atoms with Crippen molar-refractivity contribution in [3.8, 4) is 17.2 Å². The molecule has 28 heavy (non-hydrogen) atoms. The largest absolute Gasteiger partial charge is 0.490 e. The fourth-order valence-electron chi connectivity index (χ4n) is 3.28. The van der Waals surface area contributed by atoms with E-state index in [2.05, 4.69) is 0 Å². The van der Waals surface area contributed by atoms with E-state index in [9.17, 15) is 9.18 Å². The fraction of sp³-hybridized carbons (Fsp3) is 0.409. The Morgan fingerprint density at radius 1 is 1.00 bits per heavy atom. The summed E-state index contributed by atoms with van der Waals surface area (Å²) in [5.41, 5.74) is 2.25. The summed E-state index contributed by atoms with van der Waals surface area (Å²) in [6, 6.07) is 10.2. The topological polar surface area (TPSA) is 48.0 Å². The van der Waals surface area contributed by atoms with Gasteiger partial charge >= 0.3 is 0 Å². The van der Waals surface area contributed by atoms with E-state index >= 15 is 0 Å². The van der Waals surface area contributed by atoms with E-state index in [1.807, 2.05) is 30.9 Å². The number of carbonyl (C=O) groups is 1. The van der Waals surface area contributed by atoms with Gasteiger partial charge in [-0.05, 0) is 55.7 Å². The number of amides is 1. The second-order valence-corrected chi connectivity index (χ2v) is 6.53. The molecule has 2 aromatic carbocycles. The lowest BCUT2D eigenvalue weighted by Gasteiger charge is -2.30. The minimum atomic E-state index is -0.421. The van der Waals surface area contributed by atoms with E-state index in [0.717, 1.165) is 17.7 Å². The first kappa shape index (κ1) is 20.0. The monoisotopic (exact) mass is 387 g/mol. The second-order valence-electron chi connectivity index (χ2n) is 6.53. The van der Waals surface area contributed by atoms with Crippen molar-refractivity contribution < 1.29 is 23.4 Å². The van der Waals surface area contributed by atoms with E-state index in [1.54, 1.807) is 18.2 Å². The molecule has 5 nitrogen and oxygen atoms in total. The van der Waals surface area contributed by atoms with Gasteiger partial charge in [-0.25, -0.2) is 4.39 Å². The number of nitrogens with zero attached hydrogens (tertiary/aromatic N) is 1. The number of rotatable bonds is 8. The van der Waals surface area contributed by atoms with E-state index < -0.39 is 5.82 Å². The van der Waals surface area contributed by atoms with Crippen molar-refractivity contribution >= 4 is 5.91 Å². The van der Waals surface area contributed by atoms with Crippen LogP contribution in [0.25, 0.3) is 0 Å². The number of hydrogen-bond acceptors (Lipinski definition) is 4. The number of carbonyl (C=O) groups excluding carboxylic acids is 1. The first-order valence-electron chi connectivity index (χ1n) is 9.68. The number of hydrogen-bond donors (Lipinski definition) is 0. The molecule has 0 unspecified atom stereocenters. The maximum atomic E-state index is 13.6. The van der Waals surface area contributed by atoms with Gasteiger partial charge in [-0.3, -0.25) is 4.79 Å². The third-order valence-electron chi connectivity index (χ3n) is 4.64. The number of fused-ring (bicyclic) bond motifs is 1. The van der Waals surface area contributed by atoms with Crippen LogP contribution in [0.1, 0.15) is 31.4 Å². The van der Waals surface area contributed by atoms with Crippen LogP contribution in [0.5, 0.6) is 17.2 Å². The summed E-state index contributed by atoms with van der Waals surface area (Å²) < 4.78 is 30.4. The Balaban J connectivity index is 1.61. The molecule has 1 aliphatic heterocycles. The van der Waals surface area contributed by atoms with Gasteiger partial charge in [0.2, 0.25) is 5.91 Å². The Morgan fingerprint density at radius 3 is 2.36 bits per heavy atom. The lowest BCUT2D eigenvalue weighted by Crippen LogP contribution is -2.36. The van der Waals surface area contributed by atoms with Crippen LogP contribution in [0, 0.1) is 5.82 Å². The summed E-state index contributed by atoms with van der Waals surface area (Å²) in [6.45, 7) is 6.32. The Morgan fingerprint density at radius 2 is 1.68 bits per heavy atom. The highest BCUT2D eigenvalue weighted by atomic mass is 19.1. The fourth-order valence-corrected chi connectivity index (χ4v) is 3.28. The minimum Gasteiger partial charge on any atom is -0.490 e. The van der Waals surface area contributed by atoms with Gasteiger partial charge in [-0.2, -0.15) is 0 Å². The van der Waals surface area contributed by atoms with Crippen molar-refractivity contribution in [2.45, 2.75) is 33.2 Å². The molecule has 0 aromatic heterocycles. The molecule has 0 radical (unpaired) electrons. The van der Waals surface area contributed by atoms with Crippen molar-refractivity contribution in [2.24, 2.45) is 0 Å². The van der Waals surface area contributed by atoms with Crippen LogP contribution >= 0.6 is 0 Å². The highest BCUT2D eigenvalue weighted by Gasteiger charge is 2.23. The summed E-state index contributed by atoms with van der Waals surface area (Å²) in [7, 11) is 0. The molecule has 3 rings (SSSR count). The van der Waals surface area contributed by atoms with Crippen molar-refractivity contribution in [1.29, 1.82) is 0 Å². The molecule has 0 spiro atoms. The first-order chi connectivity index (χ1) is 13.6. The molecule has 0 N–H and O–H groups in total. The maximum Gasteiger partial charge on any atom is 0.226 e. The number of benzene rings is 2. The molecule has 0 aliphatic carbocycles. The average Bonchev–Trinajstić information content (AvgIpc) is 2.70. The van der Waals surface area contributed by atoms with Crippen molar-refractivity contribution in [3.05, 3.63) is 53.3 Å². The summed E-state index contributed by atoms with van der Waals surface area (Å²) in [5, 5.41) is 0. The average molecular weight is 387 g/mol. The van der Waals surface area contributed by atoms with Crippen LogP contribution in [0.4, 0.5) is 4.39 Å². The van der Waals surface area contributed by atoms with E-state index in [0.29, 0.717) is 32.1 Å². The van der Waals surface area contributed by atoms with Crippen molar-refractivity contribution in [2.75, 3.05) is 26.4 Å². The maximum absolute atomic E-state index is 13.6. The first-order valence-corrected chi connectivity index (χ1v) is 9.68. The van der Waals surface area contributed by atoms with Crippen LogP contribution in [-0.2, 0) is 17.8 Å². The van der Waals surface area contributed by atoms with Gasteiger partial charge in [0, 0.05) is 13.1 Å². The molecule has 150 valence electrons. The minimum absolute atomic E-state index is 0.00571. The third-order valence-corrected chi connectivity index (χ3v) is 4.64. The lowest BCUT2D eigenvalue weighted by molar-refractivity contribution is -0.132. The molecule has 1 aliphatic rings. The van der Waals surface area contributed by atoms with Gasteiger partial charge in [0.15, 0.2) is 23.1 Å². The van der Waals surface area contributed by atoms with Crippen LogP contribution in [-0.4, -0.2) is 37.2 Å². The number of halogens is 1. The molecule has 1 amide bonds. The Bertz CT molecular complexity index is 824. The van der Waals surface area contributed by atoms with E-state index in [4.69, 9.17) is 14.2 Å². The third kappa shape index (κ3) is 4.74. The van der Waals surface area contributed by atoms with E-state index in [1.165, 1.54) is 11.6 Å².